The fourth-order valence-electron chi connectivity index (χ4n) is 6.42. The van der Waals surface area contributed by atoms with Gasteiger partial charge >= 0.3 is 5.97 Å². The van der Waals surface area contributed by atoms with E-state index in [1.54, 1.807) is 24.5 Å². The summed E-state index contributed by atoms with van der Waals surface area (Å²) in [5, 5.41) is 3.94. The number of fused-ring (bicyclic) bond motifs is 5. The van der Waals surface area contributed by atoms with Crippen molar-refractivity contribution >= 4 is 22.8 Å². The van der Waals surface area contributed by atoms with Crippen LogP contribution in [0, 0.1) is 12.7 Å². The molecule has 2 aromatic heterocycles. The van der Waals surface area contributed by atoms with Crippen LogP contribution in [0.2, 0.25) is 0 Å². The number of benzene rings is 1. The van der Waals surface area contributed by atoms with Crippen molar-refractivity contribution in [3.05, 3.63) is 61.7 Å². The first-order valence-corrected chi connectivity index (χ1v) is 13.9. The molecule has 0 saturated heterocycles. The SMILES string of the molecule is CC.CCC1(OC)C(=O)OCc2c1cc1n(c2=O)Cc2c-1nc1cc(F)c(C)c3c1c2C(NC(=O)CCN)CC3. The number of aryl methyl sites for hydroxylation is 1. The van der Waals surface area contributed by atoms with Crippen LogP contribution < -0.4 is 16.6 Å². The predicted octanol–water partition coefficient (Wildman–Crippen LogP) is 3.66. The number of nitrogens with two attached hydrogens (primary N) is 1. The number of ether oxygens (including phenoxy) is 2. The molecule has 3 aromatic rings. The van der Waals surface area contributed by atoms with Crippen LogP contribution in [0.3, 0.4) is 0 Å². The van der Waals surface area contributed by atoms with Crippen LogP contribution in [0.1, 0.15) is 79.5 Å². The summed E-state index contributed by atoms with van der Waals surface area (Å²) in [5.41, 5.74) is 9.45. The van der Waals surface area contributed by atoms with Crippen LogP contribution in [0.5, 0.6) is 0 Å². The molecule has 0 radical (unpaired) electrons. The lowest BCUT2D eigenvalue weighted by atomic mass is 9.81. The van der Waals surface area contributed by atoms with Gasteiger partial charge in [0.15, 0.2) is 5.60 Å². The molecular weight excluding hydrogens is 515 g/mol. The normalized spacial score (nSPS) is 20.2. The molecular formula is C30H35FN4O5. The molecule has 212 valence electrons. The number of amides is 1. The zero-order valence-corrected chi connectivity index (χ0v) is 23.6. The topological polar surface area (TPSA) is 126 Å². The van der Waals surface area contributed by atoms with E-state index in [0.29, 0.717) is 46.4 Å². The highest BCUT2D eigenvalue weighted by molar-refractivity contribution is 5.94. The number of hydrogen-bond donors (Lipinski definition) is 2. The van der Waals surface area contributed by atoms with Gasteiger partial charge in [0.2, 0.25) is 5.91 Å². The van der Waals surface area contributed by atoms with E-state index in [2.05, 4.69) is 5.32 Å². The Bertz CT molecular complexity index is 1610. The van der Waals surface area contributed by atoms with Gasteiger partial charge in [-0.25, -0.2) is 14.2 Å². The molecule has 2 unspecified atom stereocenters. The van der Waals surface area contributed by atoms with Gasteiger partial charge in [-0.2, -0.15) is 0 Å². The largest absolute Gasteiger partial charge is 0.458 e. The highest BCUT2D eigenvalue weighted by Gasteiger charge is 2.47. The lowest BCUT2D eigenvalue weighted by molar-refractivity contribution is -0.176. The lowest BCUT2D eigenvalue weighted by Crippen LogP contribution is -2.45. The highest BCUT2D eigenvalue weighted by Crippen LogP contribution is 2.46. The molecule has 0 fully saturated rings. The second kappa shape index (κ2) is 10.4. The van der Waals surface area contributed by atoms with Crippen molar-refractivity contribution in [2.24, 2.45) is 5.73 Å². The standard InChI is InChI=1S/C28H29FN4O5.C2H6/c1-4-28(37-3)17-9-21-25-15(11-33(21)26(35)16(17)12-38-27(28)36)24-19(31-22(34)7-8-30)6-5-14-13(2)18(29)10-20(32-25)23(14)24;1-2/h9-10,19H,4-8,11-12,30H2,1-3H3,(H,31,34);1-2H3. The van der Waals surface area contributed by atoms with E-state index in [-0.39, 0.29) is 55.9 Å². The minimum Gasteiger partial charge on any atom is -0.458 e. The van der Waals surface area contributed by atoms with Crippen molar-refractivity contribution < 1.29 is 23.5 Å². The van der Waals surface area contributed by atoms with E-state index in [9.17, 15) is 18.8 Å². The summed E-state index contributed by atoms with van der Waals surface area (Å²) in [7, 11) is 1.43. The third-order valence-electron chi connectivity index (χ3n) is 8.40. The molecule has 0 spiro atoms. The van der Waals surface area contributed by atoms with Crippen molar-refractivity contribution in [1.82, 2.24) is 14.9 Å². The number of rotatable bonds is 5. The monoisotopic (exact) mass is 550 g/mol. The molecule has 3 N–H and O–H groups in total. The summed E-state index contributed by atoms with van der Waals surface area (Å²) in [6.07, 6.45) is 1.66. The lowest BCUT2D eigenvalue weighted by Gasteiger charge is -2.35. The molecule has 10 heteroatoms. The first-order chi connectivity index (χ1) is 19.2. The predicted molar refractivity (Wildman–Crippen MR) is 148 cm³/mol. The summed E-state index contributed by atoms with van der Waals surface area (Å²) >= 11 is 0. The third-order valence-corrected chi connectivity index (χ3v) is 8.40. The quantitative estimate of drug-likeness (QED) is 0.363. The van der Waals surface area contributed by atoms with Gasteiger partial charge in [-0.05, 0) is 48.9 Å². The molecule has 2 atom stereocenters. The Balaban J connectivity index is 0.00000158. The average Bonchev–Trinajstić information content (AvgIpc) is 3.32. The maximum Gasteiger partial charge on any atom is 0.343 e. The van der Waals surface area contributed by atoms with Crippen LogP contribution in [0.25, 0.3) is 22.3 Å². The Morgan fingerprint density at radius 1 is 1.27 bits per heavy atom. The average molecular weight is 551 g/mol. The Morgan fingerprint density at radius 2 is 2.02 bits per heavy atom. The van der Waals surface area contributed by atoms with Crippen molar-refractivity contribution in [1.29, 1.82) is 0 Å². The van der Waals surface area contributed by atoms with Gasteiger partial charge in [0.1, 0.15) is 12.4 Å². The summed E-state index contributed by atoms with van der Waals surface area (Å²) in [6.45, 7) is 7.90. The van der Waals surface area contributed by atoms with Crippen LogP contribution in [-0.2, 0) is 44.2 Å². The van der Waals surface area contributed by atoms with Crippen molar-refractivity contribution in [2.45, 2.75) is 78.2 Å². The number of hydrogen-bond acceptors (Lipinski definition) is 7. The highest BCUT2D eigenvalue weighted by atomic mass is 19.1. The Hall–Kier alpha value is -3.63. The molecule has 6 rings (SSSR count). The van der Waals surface area contributed by atoms with Crippen LogP contribution in [0.4, 0.5) is 4.39 Å². The second-order valence-corrected chi connectivity index (χ2v) is 10.2. The smallest absolute Gasteiger partial charge is 0.343 e. The number of pyridine rings is 2. The van der Waals surface area contributed by atoms with Crippen molar-refractivity contribution in [3.63, 3.8) is 0 Å². The second-order valence-electron chi connectivity index (χ2n) is 10.2. The molecule has 3 aliphatic rings. The molecule has 40 heavy (non-hydrogen) atoms. The molecule has 1 aliphatic carbocycles. The minimum absolute atomic E-state index is 0.136. The van der Waals surface area contributed by atoms with Crippen LogP contribution >= 0.6 is 0 Å². The van der Waals surface area contributed by atoms with E-state index >= 15 is 0 Å². The van der Waals surface area contributed by atoms with Crippen LogP contribution in [-0.4, -0.2) is 35.1 Å². The van der Waals surface area contributed by atoms with E-state index in [0.717, 1.165) is 22.1 Å². The molecule has 4 heterocycles. The molecule has 0 saturated carbocycles. The first kappa shape index (κ1) is 27.9. The van der Waals surface area contributed by atoms with Crippen LogP contribution in [0.15, 0.2) is 16.9 Å². The van der Waals surface area contributed by atoms with Crippen molar-refractivity contribution in [2.75, 3.05) is 13.7 Å². The number of nitrogens with zero attached hydrogens (tertiary/aromatic N) is 2. The summed E-state index contributed by atoms with van der Waals surface area (Å²) < 4.78 is 27.7. The van der Waals surface area contributed by atoms with E-state index in [1.807, 2.05) is 13.8 Å². The van der Waals surface area contributed by atoms with E-state index in [4.69, 9.17) is 20.2 Å². The third kappa shape index (κ3) is 3.88. The van der Waals surface area contributed by atoms with Crippen molar-refractivity contribution in [3.8, 4) is 11.4 Å². The fraction of sp³-hybridized carbons (Fsp3) is 0.467. The van der Waals surface area contributed by atoms with Gasteiger partial charge < -0.3 is 25.1 Å². The summed E-state index contributed by atoms with van der Waals surface area (Å²) in [5.74, 6) is -1.04. The minimum atomic E-state index is -1.40. The number of halogens is 1. The maximum atomic E-state index is 15.0. The summed E-state index contributed by atoms with van der Waals surface area (Å²) in [6, 6.07) is 2.88. The Labute approximate surface area is 231 Å². The molecule has 2 aliphatic heterocycles. The molecule has 1 amide bonds. The van der Waals surface area contributed by atoms with E-state index in [1.165, 1.54) is 13.2 Å². The van der Waals surface area contributed by atoms with Gasteiger partial charge in [-0.15, -0.1) is 0 Å². The van der Waals surface area contributed by atoms with Gasteiger partial charge in [-0.1, -0.05) is 20.8 Å². The van der Waals surface area contributed by atoms with Gasteiger partial charge in [0, 0.05) is 42.7 Å². The summed E-state index contributed by atoms with van der Waals surface area (Å²) in [4.78, 5) is 44.1. The van der Waals surface area contributed by atoms with E-state index < -0.39 is 11.6 Å². The molecule has 0 bridgehead atoms. The number of cyclic esters (lactones) is 1. The molecule has 1 aromatic carbocycles. The fourth-order valence-corrected chi connectivity index (χ4v) is 6.42. The number of carbonyl (C=O) groups is 2. The Morgan fingerprint density at radius 3 is 2.70 bits per heavy atom. The maximum absolute atomic E-state index is 15.0. The number of carbonyl (C=O) groups excluding carboxylic acids is 2. The Kier molecular flexibility index (Phi) is 7.26. The first-order valence-electron chi connectivity index (χ1n) is 13.9. The number of esters is 1. The zero-order chi connectivity index (χ0) is 28.9. The zero-order valence-electron chi connectivity index (χ0n) is 23.6. The van der Waals surface area contributed by atoms with Gasteiger partial charge in [0.25, 0.3) is 5.56 Å². The van der Waals surface area contributed by atoms with Gasteiger partial charge in [-0.3, -0.25) is 9.59 Å². The number of nitrogens with one attached hydrogen (secondary N) is 1. The van der Waals surface area contributed by atoms with Gasteiger partial charge in [0.05, 0.1) is 35.1 Å². The molecule has 9 nitrogen and oxygen atoms in total. The number of methoxy groups -OCH3 is 1. The number of aromatic nitrogens is 2.